The molecule has 4 nitrogen and oxygen atoms in total. The number of likely N-dealkylation sites (N-methyl/N-ethyl adjacent to an activating group) is 1. The molecular weight excluding hydrogens is 293 g/mol. The Morgan fingerprint density at radius 1 is 1.35 bits per heavy atom. The Labute approximate surface area is 137 Å². The Morgan fingerprint density at radius 3 is 2.65 bits per heavy atom. The first-order chi connectivity index (χ1) is 10.8. The molecule has 0 aliphatic carbocycles. The molecule has 0 spiro atoms. The van der Waals surface area contributed by atoms with Crippen LogP contribution in [0.15, 0.2) is 24.4 Å². The monoisotopic (exact) mass is 319 g/mol. The molecule has 1 aromatic carbocycles. The number of aromatic nitrogens is 2. The average molecular weight is 319 g/mol. The van der Waals surface area contributed by atoms with Crippen molar-refractivity contribution in [3.8, 4) is 0 Å². The van der Waals surface area contributed by atoms with Gasteiger partial charge in [-0.1, -0.05) is 19.9 Å². The van der Waals surface area contributed by atoms with Crippen LogP contribution in [0.3, 0.4) is 0 Å². The Balaban J connectivity index is 2.06. The van der Waals surface area contributed by atoms with Crippen LogP contribution in [0.5, 0.6) is 0 Å². The molecule has 1 heterocycles. The quantitative estimate of drug-likeness (QED) is 0.889. The van der Waals surface area contributed by atoms with Crippen LogP contribution in [-0.4, -0.2) is 33.4 Å². The smallest absolute Gasteiger partial charge is 0.123 e. The zero-order valence-electron chi connectivity index (χ0n) is 14.5. The molecule has 23 heavy (non-hydrogen) atoms. The largest absolute Gasteiger partial charge is 0.387 e. The van der Waals surface area contributed by atoms with Gasteiger partial charge >= 0.3 is 0 Å². The number of benzene rings is 1. The predicted molar refractivity (Wildman–Crippen MR) is 89.7 cm³/mol. The highest BCUT2D eigenvalue weighted by molar-refractivity contribution is 5.28. The van der Waals surface area contributed by atoms with E-state index >= 15 is 0 Å². The standard InChI is InChI=1S/C18H26FN3O/c1-12(2)18-14(10-22(5)20-18)9-21(4)11-17(23)16-7-6-15(19)8-13(16)3/h6-8,10,12,17,23H,9,11H2,1-5H3. The van der Waals surface area contributed by atoms with Crippen LogP contribution in [-0.2, 0) is 13.6 Å². The van der Waals surface area contributed by atoms with Gasteiger partial charge in [-0.25, -0.2) is 4.39 Å². The maximum atomic E-state index is 13.2. The summed E-state index contributed by atoms with van der Waals surface area (Å²) in [6.45, 7) is 7.28. The summed E-state index contributed by atoms with van der Waals surface area (Å²) in [6, 6.07) is 4.51. The second kappa shape index (κ2) is 7.23. The van der Waals surface area contributed by atoms with E-state index in [0.717, 1.165) is 23.4 Å². The molecule has 1 atom stereocenters. The maximum Gasteiger partial charge on any atom is 0.123 e. The summed E-state index contributed by atoms with van der Waals surface area (Å²) in [6.07, 6.45) is 1.39. The minimum absolute atomic E-state index is 0.274. The molecule has 2 aromatic rings. The van der Waals surface area contributed by atoms with Gasteiger partial charge in [0, 0.05) is 31.9 Å². The van der Waals surface area contributed by atoms with Crippen LogP contribution < -0.4 is 0 Å². The first-order valence-corrected chi connectivity index (χ1v) is 7.93. The van der Waals surface area contributed by atoms with Crippen LogP contribution in [0.4, 0.5) is 4.39 Å². The van der Waals surface area contributed by atoms with E-state index in [4.69, 9.17) is 0 Å². The second-order valence-electron chi connectivity index (χ2n) is 6.58. The number of hydrogen-bond acceptors (Lipinski definition) is 3. The van der Waals surface area contributed by atoms with Crippen molar-refractivity contribution in [2.75, 3.05) is 13.6 Å². The SMILES string of the molecule is Cc1cc(F)ccc1C(O)CN(C)Cc1cn(C)nc1C(C)C. The third-order valence-corrected chi connectivity index (χ3v) is 4.00. The van der Waals surface area contributed by atoms with E-state index in [-0.39, 0.29) is 5.82 Å². The van der Waals surface area contributed by atoms with Gasteiger partial charge in [-0.3, -0.25) is 9.58 Å². The van der Waals surface area contributed by atoms with Crippen molar-refractivity contribution in [3.63, 3.8) is 0 Å². The van der Waals surface area contributed by atoms with E-state index in [1.165, 1.54) is 17.7 Å². The summed E-state index contributed by atoms with van der Waals surface area (Å²) >= 11 is 0. The minimum Gasteiger partial charge on any atom is -0.387 e. The number of hydrogen-bond donors (Lipinski definition) is 1. The van der Waals surface area contributed by atoms with E-state index in [9.17, 15) is 9.50 Å². The molecule has 126 valence electrons. The lowest BCUT2D eigenvalue weighted by Crippen LogP contribution is -2.25. The number of aryl methyl sites for hydroxylation is 2. The lowest BCUT2D eigenvalue weighted by Gasteiger charge is -2.22. The molecule has 0 amide bonds. The molecule has 0 saturated heterocycles. The van der Waals surface area contributed by atoms with Gasteiger partial charge in [0.15, 0.2) is 0 Å². The Hall–Kier alpha value is -1.72. The normalized spacial score (nSPS) is 13.1. The van der Waals surface area contributed by atoms with Crippen molar-refractivity contribution in [2.24, 2.45) is 7.05 Å². The zero-order chi connectivity index (χ0) is 17.1. The molecule has 0 bridgehead atoms. The number of rotatable bonds is 6. The van der Waals surface area contributed by atoms with Crippen molar-refractivity contribution in [2.45, 2.75) is 39.3 Å². The topological polar surface area (TPSA) is 41.3 Å². The molecule has 5 heteroatoms. The molecule has 0 fully saturated rings. The van der Waals surface area contributed by atoms with Crippen molar-refractivity contribution in [1.29, 1.82) is 0 Å². The van der Waals surface area contributed by atoms with Crippen LogP contribution >= 0.6 is 0 Å². The Bertz CT molecular complexity index is 666. The van der Waals surface area contributed by atoms with Crippen LogP contribution in [0.2, 0.25) is 0 Å². The highest BCUT2D eigenvalue weighted by Gasteiger charge is 2.17. The lowest BCUT2D eigenvalue weighted by molar-refractivity contribution is 0.123. The van der Waals surface area contributed by atoms with Gasteiger partial charge < -0.3 is 5.11 Å². The first kappa shape index (κ1) is 17.6. The van der Waals surface area contributed by atoms with Crippen LogP contribution in [0.1, 0.15) is 48.3 Å². The van der Waals surface area contributed by atoms with E-state index in [1.54, 1.807) is 6.07 Å². The number of aliphatic hydroxyl groups excluding tert-OH is 1. The van der Waals surface area contributed by atoms with E-state index in [0.29, 0.717) is 12.5 Å². The minimum atomic E-state index is -0.639. The van der Waals surface area contributed by atoms with Crippen molar-refractivity contribution < 1.29 is 9.50 Å². The molecule has 0 aliphatic rings. The molecule has 0 radical (unpaired) electrons. The van der Waals surface area contributed by atoms with Gasteiger partial charge in [-0.15, -0.1) is 0 Å². The van der Waals surface area contributed by atoms with Crippen molar-refractivity contribution in [1.82, 2.24) is 14.7 Å². The average Bonchev–Trinajstić information content (AvgIpc) is 2.79. The fourth-order valence-electron chi connectivity index (χ4n) is 2.92. The summed E-state index contributed by atoms with van der Waals surface area (Å²) in [7, 11) is 3.89. The summed E-state index contributed by atoms with van der Waals surface area (Å²) in [5.41, 5.74) is 3.81. The summed E-state index contributed by atoms with van der Waals surface area (Å²) in [5.74, 6) is 0.0904. The fourth-order valence-corrected chi connectivity index (χ4v) is 2.92. The molecule has 1 aromatic heterocycles. The van der Waals surface area contributed by atoms with Gasteiger partial charge in [-0.05, 0) is 43.1 Å². The molecular formula is C18H26FN3O. The van der Waals surface area contributed by atoms with E-state index in [2.05, 4.69) is 23.8 Å². The van der Waals surface area contributed by atoms with E-state index in [1.807, 2.05) is 31.9 Å². The number of halogens is 1. The predicted octanol–water partition coefficient (Wildman–Crippen LogP) is 3.16. The van der Waals surface area contributed by atoms with Crippen LogP contribution in [0, 0.1) is 12.7 Å². The molecule has 1 N–H and O–H groups in total. The Morgan fingerprint density at radius 2 is 2.04 bits per heavy atom. The third-order valence-electron chi connectivity index (χ3n) is 4.00. The van der Waals surface area contributed by atoms with Crippen molar-refractivity contribution >= 4 is 0 Å². The van der Waals surface area contributed by atoms with Gasteiger partial charge in [0.25, 0.3) is 0 Å². The van der Waals surface area contributed by atoms with E-state index < -0.39 is 6.10 Å². The van der Waals surface area contributed by atoms with Gasteiger partial charge in [0.1, 0.15) is 5.82 Å². The second-order valence-corrected chi connectivity index (χ2v) is 6.58. The highest BCUT2D eigenvalue weighted by atomic mass is 19.1. The summed E-state index contributed by atoms with van der Waals surface area (Å²) in [4.78, 5) is 2.07. The van der Waals surface area contributed by atoms with Gasteiger partial charge in [0.2, 0.25) is 0 Å². The number of nitrogens with zero attached hydrogens (tertiary/aromatic N) is 3. The summed E-state index contributed by atoms with van der Waals surface area (Å²) < 4.78 is 15.0. The molecule has 1 unspecified atom stereocenters. The zero-order valence-corrected chi connectivity index (χ0v) is 14.5. The maximum absolute atomic E-state index is 13.2. The highest BCUT2D eigenvalue weighted by Crippen LogP contribution is 2.22. The fraction of sp³-hybridized carbons (Fsp3) is 0.500. The van der Waals surface area contributed by atoms with Gasteiger partial charge in [-0.2, -0.15) is 5.10 Å². The molecule has 0 saturated carbocycles. The Kier molecular flexibility index (Phi) is 5.55. The lowest BCUT2D eigenvalue weighted by atomic mass is 10.0. The third kappa shape index (κ3) is 4.39. The van der Waals surface area contributed by atoms with Crippen molar-refractivity contribution in [3.05, 3.63) is 52.6 Å². The first-order valence-electron chi connectivity index (χ1n) is 7.93. The van der Waals surface area contributed by atoms with Gasteiger partial charge in [0.05, 0.1) is 11.8 Å². The summed E-state index contributed by atoms with van der Waals surface area (Å²) in [5, 5.41) is 14.9. The van der Waals surface area contributed by atoms with Crippen LogP contribution in [0.25, 0.3) is 0 Å². The molecule has 0 aliphatic heterocycles. The molecule has 2 rings (SSSR count). The number of aliphatic hydroxyl groups is 1.